The molecule has 0 saturated carbocycles. The van der Waals surface area contributed by atoms with Gasteiger partial charge in [0, 0.05) is 40.0 Å². The van der Waals surface area contributed by atoms with Gasteiger partial charge in [0.05, 0.1) is 30.1 Å². The van der Waals surface area contributed by atoms with Crippen molar-refractivity contribution in [2.24, 2.45) is 0 Å². The Morgan fingerprint density at radius 1 is 1.06 bits per heavy atom. The normalized spacial score (nSPS) is 11.7. The standard InChI is InChI=1S/C24H32N4O5S/c1-6-28-20-9-8-18(34(30,31)27(2)3)16-19(20)26-23(28)11-12-24(29)25-14-13-17-7-10-21(32-4)22(15-17)33-5/h7-10,15-16H,6,11-14H2,1-5H3,(H,25,29). The zero-order valence-corrected chi connectivity index (χ0v) is 21.1. The second-order valence-electron chi connectivity index (χ2n) is 8.00. The van der Waals surface area contributed by atoms with Gasteiger partial charge in [0.2, 0.25) is 15.9 Å². The molecule has 0 unspecified atom stereocenters. The molecule has 0 saturated heterocycles. The van der Waals surface area contributed by atoms with Crippen LogP contribution in [0.4, 0.5) is 0 Å². The zero-order chi connectivity index (χ0) is 24.9. The number of benzene rings is 2. The summed E-state index contributed by atoms with van der Waals surface area (Å²) in [6.07, 6.45) is 1.42. The highest BCUT2D eigenvalue weighted by atomic mass is 32.2. The first-order chi connectivity index (χ1) is 16.2. The molecule has 0 spiro atoms. The van der Waals surface area contributed by atoms with Crippen LogP contribution >= 0.6 is 0 Å². The highest BCUT2D eigenvalue weighted by molar-refractivity contribution is 7.89. The molecule has 0 aliphatic carbocycles. The van der Waals surface area contributed by atoms with Gasteiger partial charge in [-0.15, -0.1) is 0 Å². The van der Waals surface area contributed by atoms with E-state index in [1.165, 1.54) is 18.4 Å². The molecule has 3 aromatic rings. The molecular weight excluding hydrogens is 456 g/mol. The summed E-state index contributed by atoms with van der Waals surface area (Å²) in [4.78, 5) is 17.3. The van der Waals surface area contributed by atoms with Gasteiger partial charge in [0.25, 0.3) is 0 Å². The topological polar surface area (TPSA) is 103 Å². The SMILES string of the molecule is CCn1c(CCC(=O)NCCc2ccc(OC)c(OC)c2)nc2cc(S(=O)(=O)N(C)C)ccc21. The van der Waals surface area contributed by atoms with Crippen LogP contribution in [0.25, 0.3) is 11.0 Å². The van der Waals surface area contributed by atoms with Crippen molar-refractivity contribution in [3.05, 3.63) is 47.8 Å². The molecule has 10 heteroatoms. The summed E-state index contributed by atoms with van der Waals surface area (Å²) in [6.45, 7) is 3.18. The lowest BCUT2D eigenvalue weighted by atomic mass is 10.1. The average Bonchev–Trinajstić information content (AvgIpc) is 3.19. The van der Waals surface area contributed by atoms with Crippen LogP contribution < -0.4 is 14.8 Å². The van der Waals surface area contributed by atoms with Crippen LogP contribution in [0.15, 0.2) is 41.3 Å². The van der Waals surface area contributed by atoms with Crippen molar-refractivity contribution in [1.29, 1.82) is 0 Å². The van der Waals surface area contributed by atoms with Crippen LogP contribution in [-0.4, -0.2) is 63.0 Å². The molecule has 2 aromatic carbocycles. The Hall–Kier alpha value is -3.11. The summed E-state index contributed by atoms with van der Waals surface area (Å²) in [5.41, 5.74) is 2.49. The van der Waals surface area contributed by atoms with Gasteiger partial charge < -0.3 is 19.4 Å². The van der Waals surface area contributed by atoms with Crippen LogP contribution in [0.3, 0.4) is 0 Å². The van der Waals surface area contributed by atoms with Gasteiger partial charge in [-0.3, -0.25) is 4.79 Å². The third kappa shape index (κ3) is 5.51. The molecule has 184 valence electrons. The first kappa shape index (κ1) is 25.5. The fourth-order valence-corrected chi connectivity index (χ4v) is 4.69. The van der Waals surface area contributed by atoms with Gasteiger partial charge in [-0.2, -0.15) is 0 Å². The highest BCUT2D eigenvalue weighted by Crippen LogP contribution is 2.27. The molecule has 1 heterocycles. The van der Waals surface area contributed by atoms with Gasteiger partial charge >= 0.3 is 0 Å². The van der Waals surface area contributed by atoms with E-state index < -0.39 is 10.0 Å². The van der Waals surface area contributed by atoms with Crippen molar-refractivity contribution >= 4 is 27.0 Å². The Kier molecular flexibility index (Phi) is 8.16. The Morgan fingerprint density at radius 2 is 1.79 bits per heavy atom. The van der Waals surface area contributed by atoms with Crippen molar-refractivity contribution in [3.63, 3.8) is 0 Å². The second kappa shape index (κ2) is 10.9. The molecule has 0 bridgehead atoms. The third-order valence-electron chi connectivity index (χ3n) is 5.65. The predicted octanol–water partition coefficient (Wildman–Crippen LogP) is 2.62. The summed E-state index contributed by atoms with van der Waals surface area (Å²) in [5.74, 6) is 2.02. The van der Waals surface area contributed by atoms with Crippen LogP contribution in [-0.2, 0) is 34.2 Å². The molecule has 1 aromatic heterocycles. The minimum Gasteiger partial charge on any atom is -0.493 e. The summed E-state index contributed by atoms with van der Waals surface area (Å²) in [6, 6.07) is 10.6. The van der Waals surface area contributed by atoms with Gasteiger partial charge in [0.1, 0.15) is 5.82 Å². The van der Waals surface area contributed by atoms with E-state index in [0.29, 0.717) is 42.9 Å². The quantitative estimate of drug-likeness (QED) is 0.445. The molecule has 0 fully saturated rings. The van der Waals surface area contributed by atoms with E-state index in [2.05, 4.69) is 10.3 Å². The van der Waals surface area contributed by atoms with Crippen LogP contribution in [0.2, 0.25) is 0 Å². The summed E-state index contributed by atoms with van der Waals surface area (Å²) >= 11 is 0. The predicted molar refractivity (Wildman–Crippen MR) is 131 cm³/mol. The Labute approximate surface area is 200 Å². The number of rotatable bonds is 11. The molecule has 1 N–H and O–H groups in total. The molecule has 0 atom stereocenters. The first-order valence-electron chi connectivity index (χ1n) is 11.1. The van der Waals surface area contributed by atoms with E-state index in [1.807, 2.05) is 29.7 Å². The molecule has 34 heavy (non-hydrogen) atoms. The number of nitrogens with zero attached hydrogens (tertiary/aromatic N) is 3. The smallest absolute Gasteiger partial charge is 0.242 e. The number of amides is 1. The van der Waals surface area contributed by atoms with Crippen LogP contribution in [0, 0.1) is 0 Å². The first-order valence-corrected chi connectivity index (χ1v) is 12.5. The maximum Gasteiger partial charge on any atom is 0.242 e. The number of methoxy groups -OCH3 is 2. The van der Waals surface area contributed by atoms with Gasteiger partial charge in [-0.25, -0.2) is 17.7 Å². The van der Waals surface area contributed by atoms with E-state index in [0.717, 1.165) is 16.9 Å². The Bertz CT molecular complexity index is 1270. The maximum absolute atomic E-state index is 12.4. The lowest BCUT2D eigenvalue weighted by Gasteiger charge is -2.11. The Balaban J connectivity index is 1.62. The maximum atomic E-state index is 12.4. The minimum atomic E-state index is -3.54. The number of aromatic nitrogens is 2. The number of carbonyl (C=O) groups is 1. The lowest BCUT2D eigenvalue weighted by Crippen LogP contribution is -2.26. The van der Waals surface area contributed by atoms with Crippen molar-refractivity contribution in [3.8, 4) is 11.5 Å². The van der Waals surface area contributed by atoms with Crippen LogP contribution in [0.5, 0.6) is 11.5 Å². The number of hydrogen-bond donors (Lipinski definition) is 1. The molecule has 0 aliphatic heterocycles. The fraction of sp³-hybridized carbons (Fsp3) is 0.417. The minimum absolute atomic E-state index is 0.0638. The number of sulfonamides is 1. The van der Waals surface area contributed by atoms with Gasteiger partial charge in [-0.05, 0) is 49.2 Å². The zero-order valence-electron chi connectivity index (χ0n) is 20.3. The van der Waals surface area contributed by atoms with Crippen molar-refractivity contribution < 1.29 is 22.7 Å². The summed E-state index contributed by atoms with van der Waals surface area (Å²) in [7, 11) is 2.64. The highest BCUT2D eigenvalue weighted by Gasteiger charge is 2.19. The molecule has 1 amide bonds. The third-order valence-corrected chi connectivity index (χ3v) is 7.46. The van der Waals surface area contributed by atoms with E-state index in [1.54, 1.807) is 32.4 Å². The summed E-state index contributed by atoms with van der Waals surface area (Å²) < 4.78 is 38.7. The van der Waals surface area contributed by atoms with E-state index in [9.17, 15) is 13.2 Å². The Morgan fingerprint density at radius 3 is 2.44 bits per heavy atom. The number of hydrogen-bond acceptors (Lipinski definition) is 6. The second-order valence-corrected chi connectivity index (χ2v) is 10.2. The molecule has 9 nitrogen and oxygen atoms in total. The number of fused-ring (bicyclic) bond motifs is 1. The number of imidazole rings is 1. The fourth-order valence-electron chi connectivity index (χ4n) is 3.77. The molecule has 3 rings (SSSR count). The van der Waals surface area contributed by atoms with Gasteiger partial charge in [0.15, 0.2) is 11.5 Å². The van der Waals surface area contributed by atoms with Crippen molar-refractivity contribution in [2.75, 3.05) is 34.9 Å². The van der Waals surface area contributed by atoms with E-state index in [-0.39, 0.29) is 17.2 Å². The van der Waals surface area contributed by atoms with Crippen molar-refractivity contribution in [1.82, 2.24) is 19.2 Å². The number of aryl methyl sites for hydroxylation is 2. The lowest BCUT2D eigenvalue weighted by molar-refractivity contribution is -0.121. The average molecular weight is 489 g/mol. The van der Waals surface area contributed by atoms with E-state index >= 15 is 0 Å². The summed E-state index contributed by atoms with van der Waals surface area (Å²) in [5, 5.41) is 2.95. The monoisotopic (exact) mass is 488 g/mol. The number of ether oxygens (including phenoxy) is 2. The number of nitrogens with one attached hydrogen (secondary N) is 1. The van der Waals surface area contributed by atoms with Crippen molar-refractivity contribution in [2.45, 2.75) is 37.6 Å². The van der Waals surface area contributed by atoms with Crippen LogP contribution in [0.1, 0.15) is 24.7 Å². The number of carbonyl (C=O) groups excluding carboxylic acids is 1. The van der Waals surface area contributed by atoms with E-state index in [4.69, 9.17) is 9.47 Å². The molecular formula is C24H32N4O5S. The molecule has 0 radical (unpaired) electrons. The largest absolute Gasteiger partial charge is 0.493 e. The molecule has 0 aliphatic rings. The van der Waals surface area contributed by atoms with Gasteiger partial charge in [-0.1, -0.05) is 6.07 Å².